The van der Waals surface area contributed by atoms with Gasteiger partial charge < -0.3 is 4.74 Å². The zero-order valence-electron chi connectivity index (χ0n) is 17.4. The van der Waals surface area contributed by atoms with Gasteiger partial charge in [0.15, 0.2) is 5.17 Å². The van der Waals surface area contributed by atoms with E-state index in [0.717, 1.165) is 52.7 Å². The van der Waals surface area contributed by atoms with Gasteiger partial charge in [0, 0.05) is 6.04 Å². The summed E-state index contributed by atoms with van der Waals surface area (Å²) in [5.74, 6) is 0.944. The molecule has 0 unspecified atom stereocenters. The van der Waals surface area contributed by atoms with Crippen molar-refractivity contribution in [2.24, 2.45) is 4.99 Å². The first-order valence-electron chi connectivity index (χ1n) is 10.1. The summed E-state index contributed by atoms with van der Waals surface area (Å²) in [7, 11) is 0. The summed E-state index contributed by atoms with van der Waals surface area (Å²) in [5.41, 5.74) is 5.41. The van der Waals surface area contributed by atoms with E-state index < -0.39 is 0 Å². The summed E-state index contributed by atoms with van der Waals surface area (Å²) in [6.07, 6.45) is 4.03. The minimum absolute atomic E-state index is 0.0166. The van der Waals surface area contributed by atoms with Crippen molar-refractivity contribution in [3.63, 3.8) is 0 Å². The summed E-state index contributed by atoms with van der Waals surface area (Å²) in [4.78, 5) is 20.6. The number of hydrogen-bond donors (Lipinski definition) is 0. The number of nitrogens with zero attached hydrogens (tertiary/aromatic N) is 2. The van der Waals surface area contributed by atoms with Crippen LogP contribution in [0.5, 0.6) is 5.75 Å². The van der Waals surface area contributed by atoms with Gasteiger partial charge in [0.1, 0.15) is 5.75 Å². The maximum atomic E-state index is 13.4. The number of ether oxygens (including phenoxy) is 1. The monoisotopic (exact) mass is 406 g/mol. The highest BCUT2D eigenvalue weighted by molar-refractivity contribution is 8.19. The number of amides is 1. The number of benzene rings is 2. The second-order valence-corrected chi connectivity index (χ2v) is 8.80. The van der Waals surface area contributed by atoms with Crippen LogP contribution < -0.4 is 9.64 Å². The minimum Gasteiger partial charge on any atom is -0.493 e. The van der Waals surface area contributed by atoms with Crippen molar-refractivity contribution in [2.75, 3.05) is 11.5 Å². The maximum absolute atomic E-state index is 13.4. The Morgan fingerprint density at radius 3 is 2.83 bits per heavy atom. The van der Waals surface area contributed by atoms with Gasteiger partial charge in [0.25, 0.3) is 5.91 Å². The van der Waals surface area contributed by atoms with Crippen LogP contribution in [0.15, 0.2) is 46.3 Å². The Hall–Kier alpha value is -2.53. The third-order valence-corrected chi connectivity index (χ3v) is 6.21. The molecule has 1 fully saturated rings. The molecule has 2 aliphatic heterocycles. The molecule has 0 atom stereocenters. The van der Waals surface area contributed by atoms with Gasteiger partial charge in [-0.3, -0.25) is 14.7 Å². The lowest BCUT2D eigenvalue weighted by Gasteiger charge is -2.20. The van der Waals surface area contributed by atoms with Crippen LogP contribution >= 0.6 is 11.8 Å². The first kappa shape index (κ1) is 19.8. The number of rotatable bonds is 3. The molecule has 0 saturated carbocycles. The Kier molecular flexibility index (Phi) is 5.50. The van der Waals surface area contributed by atoms with Crippen molar-refractivity contribution in [3.05, 3.63) is 63.6 Å². The van der Waals surface area contributed by atoms with Crippen molar-refractivity contribution in [1.82, 2.24) is 0 Å². The molecule has 0 spiro atoms. The zero-order chi connectivity index (χ0) is 20.5. The maximum Gasteiger partial charge on any atom is 0.271 e. The molecule has 4 rings (SSSR count). The average molecular weight is 407 g/mol. The Balaban J connectivity index is 1.74. The molecule has 0 bridgehead atoms. The summed E-state index contributed by atoms with van der Waals surface area (Å²) in [6.45, 7) is 8.97. The van der Waals surface area contributed by atoms with Gasteiger partial charge in [0.05, 0.1) is 17.2 Å². The van der Waals surface area contributed by atoms with Gasteiger partial charge >= 0.3 is 0 Å². The number of fused-ring (bicyclic) bond motifs is 1. The molecule has 5 heteroatoms. The van der Waals surface area contributed by atoms with E-state index in [2.05, 4.69) is 26.0 Å². The first-order chi connectivity index (χ1) is 13.9. The lowest BCUT2D eigenvalue weighted by molar-refractivity contribution is -0.113. The lowest BCUT2D eigenvalue weighted by atomic mass is 10.0. The molecule has 29 heavy (non-hydrogen) atoms. The number of amidine groups is 1. The highest BCUT2D eigenvalue weighted by atomic mass is 32.2. The number of carbonyl (C=O) groups excluding carboxylic acids is 1. The van der Waals surface area contributed by atoms with E-state index in [9.17, 15) is 4.79 Å². The molecule has 0 N–H and O–H groups in total. The third kappa shape index (κ3) is 3.97. The number of aryl methyl sites for hydroxylation is 2. The standard InChI is InChI=1S/C24H26N2O2S/c1-15(2)25-24-26(20-9-5-7-16(3)17(20)4)23(27)22(29-24)14-18-10-11-21-19(13-18)8-6-12-28-21/h5,7,9-11,13-15H,6,8,12H2,1-4H3/b22-14-,25-24?. The van der Waals surface area contributed by atoms with Gasteiger partial charge in [-0.1, -0.05) is 18.2 Å². The fourth-order valence-electron chi connectivity index (χ4n) is 3.59. The largest absolute Gasteiger partial charge is 0.493 e. The Morgan fingerprint density at radius 2 is 2.03 bits per heavy atom. The third-order valence-electron chi connectivity index (χ3n) is 5.22. The van der Waals surface area contributed by atoms with Crippen LogP contribution in [0.4, 0.5) is 5.69 Å². The van der Waals surface area contributed by atoms with E-state index in [-0.39, 0.29) is 11.9 Å². The Bertz CT molecular complexity index is 1020. The summed E-state index contributed by atoms with van der Waals surface area (Å²) >= 11 is 1.45. The van der Waals surface area contributed by atoms with Crippen LogP contribution in [0.3, 0.4) is 0 Å². The minimum atomic E-state index is -0.0166. The van der Waals surface area contributed by atoms with E-state index in [1.54, 1.807) is 4.90 Å². The van der Waals surface area contributed by atoms with E-state index in [1.807, 2.05) is 44.2 Å². The predicted octanol–water partition coefficient (Wildman–Crippen LogP) is 5.51. The van der Waals surface area contributed by atoms with Crippen molar-refractivity contribution in [1.29, 1.82) is 0 Å². The van der Waals surface area contributed by atoms with Crippen molar-refractivity contribution in [2.45, 2.75) is 46.6 Å². The van der Waals surface area contributed by atoms with Crippen molar-refractivity contribution in [3.8, 4) is 5.75 Å². The SMILES string of the molecule is Cc1cccc(N2C(=O)/C(=C/c3ccc4c(c3)CCCO4)SC2=NC(C)C)c1C. The highest BCUT2D eigenvalue weighted by Gasteiger charge is 2.35. The number of anilines is 1. The molecule has 1 saturated heterocycles. The molecule has 0 aliphatic carbocycles. The van der Waals surface area contributed by atoms with Crippen LogP contribution in [0, 0.1) is 13.8 Å². The molecule has 4 nitrogen and oxygen atoms in total. The summed E-state index contributed by atoms with van der Waals surface area (Å²) in [5, 5.41) is 0.742. The summed E-state index contributed by atoms with van der Waals surface area (Å²) in [6, 6.07) is 12.3. The molecule has 0 aromatic heterocycles. The highest BCUT2D eigenvalue weighted by Crippen LogP contribution is 2.38. The fourth-order valence-corrected chi connectivity index (χ4v) is 4.70. The Labute approximate surface area is 176 Å². The second-order valence-electron chi connectivity index (χ2n) is 7.79. The van der Waals surface area contributed by atoms with Gasteiger partial charge in [-0.25, -0.2) is 0 Å². The van der Waals surface area contributed by atoms with Gasteiger partial charge in [-0.2, -0.15) is 0 Å². The van der Waals surface area contributed by atoms with Gasteiger partial charge in [0.2, 0.25) is 0 Å². The quantitative estimate of drug-likeness (QED) is 0.631. The fraction of sp³-hybridized carbons (Fsp3) is 0.333. The number of thioether (sulfide) groups is 1. The smallest absolute Gasteiger partial charge is 0.271 e. The number of aliphatic imine (C=N–C) groups is 1. The van der Waals surface area contributed by atoms with E-state index >= 15 is 0 Å². The van der Waals surface area contributed by atoms with E-state index in [0.29, 0.717) is 4.91 Å². The lowest BCUT2D eigenvalue weighted by Crippen LogP contribution is -2.30. The molecule has 2 aliphatic rings. The molecule has 1 amide bonds. The normalized spacial score (nSPS) is 19.2. The molecule has 2 heterocycles. The van der Waals surface area contributed by atoms with Crippen LogP contribution in [0.25, 0.3) is 6.08 Å². The van der Waals surface area contributed by atoms with E-state index in [1.165, 1.54) is 17.3 Å². The predicted molar refractivity (Wildman–Crippen MR) is 122 cm³/mol. The van der Waals surface area contributed by atoms with Gasteiger partial charge in [-0.15, -0.1) is 0 Å². The molecule has 2 aromatic rings. The van der Waals surface area contributed by atoms with Crippen LogP contribution in [-0.2, 0) is 11.2 Å². The first-order valence-corrected chi connectivity index (χ1v) is 10.9. The topological polar surface area (TPSA) is 41.9 Å². The van der Waals surface area contributed by atoms with Crippen molar-refractivity contribution >= 4 is 34.6 Å². The van der Waals surface area contributed by atoms with Crippen LogP contribution in [0.2, 0.25) is 0 Å². The number of carbonyl (C=O) groups is 1. The Morgan fingerprint density at radius 1 is 1.21 bits per heavy atom. The average Bonchev–Trinajstić information content (AvgIpc) is 2.98. The molecule has 2 aromatic carbocycles. The van der Waals surface area contributed by atoms with E-state index in [4.69, 9.17) is 9.73 Å². The zero-order valence-corrected chi connectivity index (χ0v) is 18.2. The molecular weight excluding hydrogens is 380 g/mol. The summed E-state index contributed by atoms with van der Waals surface area (Å²) < 4.78 is 5.71. The van der Waals surface area contributed by atoms with Crippen LogP contribution in [-0.4, -0.2) is 23.7 Å². The second kappa shape index (κ2) is 8.07. The molecule has 0 radical (unpaired) electrons. The number of hydrogen-bond acceptors (Lipinski definition) is 4. The molecule has 150 valence electrons. The van der Waals surface area contributed by atoms with Gasteiger partial charge in [-0.05, 0) is 98.8 Å². The molecular formula is C24H26N2O2S. The van der Waals surface area contributed by atoms with Crippen molar-refractivity contribution < 1.29 is 9.53 Å². The van der Waals surface area contributed by atoms with Crippen LogP contribution in [0.1, 0.15) is 42.5 Å².